The standard InChI is InChI=1S/C15H13ClN2O3/c1-21-13-7-4-11(14(19)8-13)9-17-18-15(20)10-2-5-12(16)6-3-10/h2-9,19H,1H3,(H,18,20). The van der Waals surface area contributed by atoms with E-state index >= 15 is 0 Å². The van der Waals surface area contributed by atoms with Gasteiger partial charge < -0.3 is 9.84 Å². The first-order chi connectivity index (χ1) is 10.1. The van der Waals surface area contributed by atoms with Gasteiger partial charge in [0, 0.05) is 22.2 Å². The molecule has 0 aliphatic carbocycles. The topological polar surface area (TPSA) is 70.9 Å². The largest absolute Gasteiger partial charge is 0.507 e. The zero-order chi connectivity index (χ0) is 15.2. The first kappa shape index (κ1) is 14.9. The van der Waals surface area contributed by atoms with E-state index < -0.39 is 0 Å². The van der Waals surface area contributed by atoms with E-state index in [1.54, 1.807) is 36.4 Å². The molecule has 6 heteroatoms. The van der Waals surface area contributed by atoms with Crippen LogP contribution < -0.4 is 10.2 Å². The molecule has 0 heterocycles. The molecule has 108 valence electrons. The number of phenolic OH excluding ortho intramolecular Hbond substituents is 1. The van der Waals surface area contributed by atoms with Gasteiger partial charge in [-0.1, -0.05) is 11.6 Å². The van der Waals surface area contributed by atoms with E-state index in [1.807, 2.05) is 0 Å². The minimum absolute atomic E-state index is 0.0128. The highest BCUT2D eigenvalue weighted by atomic mass is 35.5. The molecule has 0 aliphatic rings. The summed E-state index contributed by atoms with van der Waals surface area (Å²) in [4.78, 5) is 11.8. The van der Waals surface area contributed by atoms with Crippen molar-refractivity contribution in [1.82, 2.24) is 5.43 Å². The molecule has 0 saturated carbocycles. The third-order valence-corrected chi connectivity index (χ3v) is 2.97. The Morgan fingerprint density at radius 3 is 2.62 bits per heavy atom. The van der Waals surface area contributed by atoms with Crippen molar-refractivity contribution >= 4 is 23.7 Å². The summed E-state index contributed by atoms with van der Waals surface area (Å²) in [5.41, 5.74) is 3.27. The maximum absolute atomic E-state index is 11.8. The summed E-state index contributed by atoms with van der Waals surface area (Å²) in [5, 5.41) is 14.1. The van der Waals surface area contributed by atoms with Crippen LogP contribution in [0.1, 0.15) is 15.9 Å². The van der Waals surface area contributed by atoms with Crippen LogP contribution in [0.25, 0.3) is 0 Å². The van der Waals surface area contributed by atoms with Crippen molar-refractivity contribution in [1.29, 1.82) is 0 Å². The van der Waals surface area contributed by atoms with Crippen LogP contribution in [0, 0.1) is 0 Å². The molecule has 2 N–H and O–H groups in total. The minimum Gasteiger partial charge on any atom is -0.507 e. The number of carbonyl (C=O) groups is 1. The Morgan fingerprint density at radius 2 is 2.00 bits per heavy atom. The SMILES string of the molecule is COc1ccc(C=NNC(=O)c2ccc(Cl)cc2)c(O)c1. The van der Waals surface area contributed by atoms with E-state index in [9.17, 15) is 9.90 Å². The molecule has 2 rings (SSSR count). The molecule has 0 saturated heterocycles. The number of hydrogen-bond acceptors (Lipinski definition) is 4. The summed E-state index contributed by atoms with van der Waals surface area (Å²) >= 11 is 5.74. The Balaban J connectivity index is 2.02. The number of hydrazone groups is 1. The van der Waals surface area contributed by atoms with Crippen LogP contribution >= 0.6 is 11.6 Å². The summed E-state index contributed by atoms with van der Waals surface area (Å²) in [5.74, 6) is 0.185. The van der Waals surface area contributed by atoms with Crippen molar-refractivity contribution in [3.63, 3.8) is 0 Å². The van der Waals surface area contributed by atoms with Crippen LogP contribution in [-0.2, 0) is 0 Å². The van der Waals surface area contributed by atoms with Crippen LogP contribution in [0.4, 0.5) is 0 Å². The summed E-state index contributed by atoms with van der Waals surface area (Å²) in [6, 6.07) is 11.2. The number of methoxy groups -OCH3 is 1. The molecule has 21 heavy (non-hydrogen) atoms. The Morgan fingerprint density at radius 1 is 1.29 bits per heavy atom. The fourth-order valence-electron chi connectivity index (χ4n) is 1.59. The van der Waals surface area contributed by atoms with Crippen molar-refractivity contribution in [3.05, 3.63) is 58.6 Å². The van der Waals surface area contributed by atoms with Crippen LogP contribution in [0.5, 0.6) is 11.5 Å². The average molecular weight is 305 g/mol. The third-order valence-electron chi connectivity index (χ3n) is 2.71. The lowest BCUT2D eigenvalue weighted by atomic mass is 10.2. The Labute approximate surface area is 126 Å². The first-order valence-electron chi connectivity index (χ1n) is 6.06. The number of benzene rings is 2. The van der Waals surface area contributed by atoms with Crippen LogP contribution in [0.3, 0.4) is 0 Å². The fraction of sp³-hybridized carbons (Fsp3) is 0.0667. The molecule has 0 aliphatic heterocycles. The number of aromatic hydroxyl groups is 1. The van der Waals surface area contributed by atoms with Gasteiger partial charge in [0.25, 0.3) is 5.91 Å². The van der Waals surface area contributed by atoms with Crippen molar-refractivity contribution in [2.75, 3.05) is 7.11 Å². The van der Waals surface area contributed by atoms with Gasteiger partial charge >= 0.3 is 0 Å². The highest BCUT2D eigenvalue weighted by Crippen LogP contribution is 2.21. The van der Waals surface area contributed by atoms with E-state index in [-0.39, 0.29) is 11.7 Å². The Hall–Kier alpha value is -2.53. The number of carbonyl (C=O) groups excluding carboxylic acids is 1. The molecule has 5 nitrogen and oxygen atoms in total. The van der Waals surface area contributed by atoms with E-state index in [4.69, 9.17) is 16.3 Å². The molecule has 0 fully saturated rings. The molecule has 0 spiro atoms. The van der Waals surface area contributed by atoms with Crippen molar-refractivity contribution < 1.29 is 14.6 Å². The van der Waals surface area contributed by atoms with Gasteiger partial charge in [0.2, 0.25) is 0 Å². The molecule has 2 aromatic rings. The summed E-state index contributed by atoms with van der Waals surface area (Å²) < 4.78 is 4.98. The van der Waals surface area contributed by atoms with Gasteiger partial charge in [-0.2, -0.15) is 5.10 Å². The van der Waals surface area contributed by atoms with E-state index in [2.05, 4.69) is 10.5 Å². The smallest absolute Gasteiger partial charge is 0.271 e. The van der Waals surface area contributed by atoms with Gasteiger partial charge in [0.15, 0.2) is 0 Å². The molecule has 2 aromatic carbocycles. The zero-order valence-corrected chi connectivity index (χ0v) is 12.0. The van der Waals surface area contributed by atoms with Gasteiger partial charge in [0.1, 0.15) is 11.5 Å². The lowest BCUT2D eigenvalue weighted by Gasteiger charge is -2.03. The molecule has 0 aromatic heterocycles. The van der Waals surface area contributed by atoms with Crippen LogP contribution in [0.2, 0.25) is 5.02 Å². The number of nitrogens with one attached hydrogen (secondary N) is 1. The highest BCUT2D eigenvalue weighted by Gasteiger charge is 2.04. The van der Waals surface area contributed by atoms with Crippen molar-refractivity contribution in [3.8, 4) is 11.5 Å². The number of ether oxygens (including phenoxy) is 1. The zero-order valence-electron chi connectivity index (χ0n) is 11.2. The number of amides is 1. The molecular weight excluding hydrogens is 292 g/mol. The van der Waals surface area contributed by atoms with Crippen LogP contribution in [0.15, 0.2) is 47.6 Å². The number of halogens is 1. The van der Waals surface area contributed by atoms with E-state index in [0.717, 1.165) is 0 Å². The second-order valence-corrected chi connectivity index (χ2v) is 4.57. The highest BCUT2D eigenvalue weighted by molar-refractivity contribution is 6.30. The second-order valence-electron chi connectivity index (χ2n) is 4.13. The number of hydrogen-bond donors (Lipinski definition) is 2. The lowest BCUT2D eigenvalue weighted by Crippen LogP contribution is -2.17. The molecule has 0 radical (unpaired) electrons. The predicted octanol–water partition coefficient (Wildman–Crippen LogP) is 2.82. The van der Waals surface area contributed by atoms with Crippen molar-refractivity contribution in [2.24, 2.45) is 5.10 Å². The van der Waals surface area contributed by atoms with Crippen molar-refractivity contribution in [2.45, 2.75) is 0 Å². The monoisotopic (exact) mass is 304 g/mol. The molecule has 1 amide bonds. The summed E-state index contributed by atoms with van der Waals surface area (Å²) in [6.07, 6.45) is 1.35. The first-order valence-corrected chi connectivity index (χ1v) is 6.44. The van der Waals surface area contributed by atoms with Gasteiger partial charge in [-0.3, -0.25) is 4.79 Å². The number of nitrogens with zero attached hydrogens (tertiary/aromatic N) is 1. The summed E-state index contributed by atoms with van der Waals surface area (Å²) in [6.45, 7) is 0. The van der Waals surface area contributed by atoms with E-state index in [0.29, 0.717) is 21.9 Å². The maximum Gasteiger partial charge on any atom is 0.271 e. The molecule has 0 bridgehead atoms. The quantitative estimate of drug-likeness (QED) is 0.674. The number of rotatable bonds is 4. The van der Waals surface area contributed by atoms with Gasteiger partial charge in [-0.05, 0) is 36.4 Å². The fourth-order valence-corrected chi connectivity index (χ4v) is 1.71. The van der Waals surface area contributed by atoms with Gasteiger partial charge in [-0.15, -0.1) is 0 Å². The van der Waals surface area contributed by atoms with Crippen LogP contribution in [-0.4, -0.2) is 24.3 Å². The molecule has 0 unspecified atom stereocenters. The van der Waals surface area contributed by atoms with E-state index in [1.165, 1.54) is 19.4 Å². The predicted molar refractivity (Wildman–Crippen MR) is 81.2 cm³/mol. The average Bonchev–Trinajstić information content (AvgIpc) is 2.49. The second kappa shape index (κ2) is 6.76. The van der Waals surface area contributed by atoms with Gasteiger partial charge in [0.05, 0.1) is 13.3 Å². The molecular formula is C15H13ClN2O3. The lowest BCUT2D eigenvalue weighted by molar-refractivity contribution is 0.0955. The number of phenols is 1. The maximum atomic E-state index is 11.8. The summed E-state index contributed by atoms with van der Waals surface area (Å²) in [7, 11) is 1.51. The minimum atomic E-state index is -0.365. The van der Waals surface area contributed by atoms with Gasteiger partial charge in [-0.25, -0.2) is 5.43 Å². The molecule has 0 atom stereocenters. The Kier molecular flexibility index (Phi) is 4.79. The third kappa shape index (κ3) is 3.97. The Bertz CT molecular complexity index is 669. The normalized spacial score (nSPS) is 10.6.